The zero-order chi connectivity index (χ0) is 26.0. The number of nitrogens with two attached hydrogens (primary N) is 1. The highest BCUT2D eigenvalue weighted by atomic mass is 16.6. The molecule has 1 fully saturated rings. The Morgan fingerprint density at radius 3 is 2.50 bits per heavy atom. The lowest BCUT2D eigenvalue weighted by Crippen LogP contribution is -2.43. The number of nitro benzene ring substituents is 1. The largest absolute Gasteiger partial charge is 0.454 e. The maximum atomic E-state index is 12.8. The van der Waals surface area contributed by atoms with Crippen LogP contribution < -0.4 is 22.3 Å². The summed E-state index contributed by atoms with van der Waals surface area (Å²) in [4.78, 5) is 61.4. The summed E-state index contributed by atoms with van der Waals surface area (Å²) in [5.74, 6) is -2.25. The number of aromatic nitrogens is 2. The molecule has 1 saturated carbocycles. The Kier molecular flexibility index (Phi) is 6.68. The van der Waals surface area contributed by atoms with Crippen molar-refractivity contribution in [1.82, 2.24) is 9.13 Å². The van der Waals surface area contributed by atoms with Crippen molar-refractivity contribution in [1.29, 1.82) is 0 Å². The molecule has 3 aromatic rings. The highest BCUT2D eigenvalue weighted by Crippen LogP contribution is 2.31. The molecule has 0 radical (unpaired) electrons. The van der Waals surface area contributed by atoms with Gasteiger partial charge in [-0.3, -0.25) is 28.8 Å². The predicted molar refractivity (Wildman–Crippen MR) is 130 cm³/mol. The van der Waals surface area contributed by atoms with E-state index in [-0.39, 0.29) is 35.3 Å². The number of ketones is 1. The number of carbonyl (C=O) groups is 2. The summed E-state index contributed by atoms with van der Waals surface area (Å²) in [6, 6.07) is 12.8. The SMILES string of the molecule is Cn1c(=O)c(C(=O)COC(=O)c2ccc(NC3CC3)c([N+](=O)[O-])c2)c(N)n(Cc2ccccc2)c1=O. The Bertz CT molecular complexity index is 1470. The lowest BCUT2D eigenvalue weighted by Gasteiger charge is -2.15. The highest BCUT2D eigenvalue weighted by Gasteiger charge is 2.27. The van der Waals surface area contributed by atoms with E-state index in [2.05, 4.69) is 5.32 Å². The van der Waals surface area contributed by atoms with Crippen LogP contribution in [0.5, 0.6) is 0 Å². The van der Waals surface area contributed by atoms with Gasteiger partial charge in [0.2, 0.25) is 5.78 Å². The van der Waals surface area contributed by atoms with Gasteiger partial charge in [-0.05, 0) is 30.5 Å². The molecular formula is C24H23N5O7. The maximum Gasteiger partial charge on any atom is 0.338 e. The average Bonchev–Trinajstić information content (AvgIpc) is 3.69. The second-order valence-electron chi connectivity index (χ2n) is 8.39. The van der Waals surface area contributed by atoms with Crippen LogP contribution >= 0.6 is 0 Å². The molecule has 36 heavy (non-hydrogen) atoms. The third-order valence-electron chi connectivity index (χ3n) is 5.75. The van der Waals surface area contributed by atoms with Crippen molar-refractivity contribution in [2.24, 2.45) is 7.05 Å². The fraction of sp³-hybridized carbons (Fsp3) is 0.250. The van der Waals surface area contributed by atoms with Crippen molar-refractivity contribution >= 4 is 28.9 Å². The van der Waals surface area contributed by atoms with Crippen LogP contribution in [0.1, 0.15) is 39.1 Å². The zero-order valence-corrected chi connectivity index (χ0v) is 19.3. The maximum absolute atomic E-state index is 12.8. The van der Waals surface area contributed by atoms with E-state index in [9.17, 15) is 29.3 Å². The standard InChI is InChI=1S/C24H23N5O7/c1-27-22(31)20(21(25)28(24(27)33)12-14-5-3-2-4-6-14)19(30)13-36-23(32)15-7-10-17(26-16-8-9-16)18(11-15)29(34)35/h2-7,10-11,16,26H,8-9,12-13,25H2,1H3. The van der Waals surface area contributed by atoms with E-state index in [1.165, 1.54) is 19.2 Å². The first-order valence-electron chi connectivity index (χ1n) is 11.1. The van der Waals surface area contributed by atoms with Gasteiger partial charge in [-0.2, -0.15) is 0 Å². The van der Waals surface area contributed by atoms with Gasteiger partial charge in [0.05, 0.1) is 17.0 Å². The fourth-order valence-electron chi connectivity index (χ4n) is 3.63. The van der Waals surface area contributed by atoms with Gasteiger partial charge in [-0.15, -0.1) is 0 Å². The Labute approximate surface area is 204 Å². The van der Waals surface area contributed by atoms with Crippen molar-refractivity contribution in [3.63, 3.8) is 0 Å². The van der Waals surface area contributed by atoms with Crippen LogP contribution in [0.25, 0.3) is 0 Å². The summed E-state index contributed by atoms with van der Waals surface area (Å²) >= 11 is 0. The molecule has 0 spiro atoms. The molecule has 1 aromatic heterocycles. The van der Waals surface area contributed by atoms with Crippen molar-refractivity contribution in [3.05, 3.63) is 96.2 Å². The number of carbonyl (C=O) groups excluding carboxylic acids is 2. The molecule has 1 heterocycles. The molecule has 4 rings (SSSR count). The minimum Gasteiger partial charge on any atom is -0.454 e. The number of hydrogen-bond donors (Lipinski definition) is 2. The van der Waals surface area contributed by atoms with Gasteiger partial charge in [-0.25, -0.2) is 9.59 Å². The molecule has 12 heteroatoms. The number of benzene rings is 2. The number of nitrogen functional groups attached to an aromatic ring is 1. The van der Waals surface area contributed by atoms with E-state index < -0.39 is 40.1 Å². The van der Waals surface area contributed by atoms with E-state index in [0.717, 1.165) is 33.6 Å². The Morgan fingerprint density at radius 2 is 1.86 bits per heavy atom. The van der Waals surface area contributed by atoms with Crippen LogP contribution in [-0.4, -0.2) is 38.5 Å². The summed E-state index contributed by atoms with van der Waals surface area (Å²) < 4.78 is 6.87. The quantitative estimate of drug-likeness (QED) is 0.195. The van der Waals surface area contributed by atoms with Gasteiger partial charge in [0, 0.05) is 19.2 Å². The third kappa shape index (κ3) is 5.02. The first kappa shape index (κ1) is 24.4. The molecule has 0 bridgehead atoms. The number of nitrogens with one attached hydrogen (secondary N) is 1. The number of rotatable bonds is 9. The van der Waals surface area contributed by atoms with Crippen LogP contribution in [0, 0.1) is 10.1 Å². The van der Waals surface area contributed by atoms with Crippen LogP contribution in [-0.2, 0) is 18.3 Å². The van der Waals surface area contributed by atoms with Crippen molar-refractivity contribution < 1.29 is 19.2 Å². The van der Waals surface area contributed by atoms with E-state index >= 15 is 0 Å². The number of Topliss-reactive ketones (excluding diaryl/α,β-unsaturated/α-hetero) is 1. The molecule has 1 aliphatic carbocycles. The molecular weight excluding hydrogens is 470 g/mol. The van der Waals surface area contributed by atoms with E-state index in [4.69, 9.17) is 10.5 Å². The summed E-state index contributed by atoms with van der Waals surface area (Å²) in [7, 11) is 1.21. The highest BCUT2D eigenvalue weighted by molar-refractivity contribution is 6.02. The van der Waals surface area contributed by atoms with E-state index in [1.54, 1.807) is 30.3 Å². The lowest BCUT2D eigenvalue weighted by molar-refractivity contribution is -0.384. The molecule has 0 unspecified atom stereocenters. The van der Waals surface area contributed by atoms with Crippen molar-refractivity contribution in [2.75, 3.05) is 17.7 Å². The van der Waals surface area contributed by atoms with Gasteiger partial charge in [0.15, 0.2) is 6.61 Å². The molecule has 0 atom stereocenters. The van der Waals surface area contributed by atoms with Crippen molar-refractivity contribution in [2.45, 2.75) is 25.4 Å². The Morgan fingerprint density at radius 1 is 1.17 bits per heavy atom. The minimum atomic E-state index is -0.988. The van der Waals surface area contributed by atoms with Gasteiger partial charge < -0.3 is 15.8 Å². The number of ether oxygens (including phenoxy) is 1. The van der Waals surface area contributed by atoms with Crippen LogP contribution in [0.15, 0.2) is 58.1 Å². The number of nitrogens with zero attached hydrogens (tertiary/aromatic N) is 3. The number of hydrogen-bond acceptors (Lipinski definition) is 9. The second-order valence-corrected chi connectivity index (χ2v) is 8.39. The smallest absolute Gasteiger partial charge is 0.338 e. The first-order valence-corrected chi connectivity index (χ1v) is 11.1. The molecule has 0 saturated heterocycles. The second kappa shape index (κ2) is 9.86. The molecule has 3 N–H and O–H groups in total. The number of anilines is 2. The van der Waals surface area contributed by atoms with Gasteiger partial charge in [0.25, 0.3) is 11.2 Å². The van der Waals surface area contributed by atoms with E-state index in [0.29, 0.717) is 0 Å². The fourth-order valence-corrected chi connectivity index (χ4v) is 3.63. The Balaban J connectivity index is 1.55. The summed E-state index contributed by atoms with van der Waals surface area (Å²) in [5, 5.41) is 14.4. The summed E-state index contributed by atoms with van der Waals surface area (Å²) in [6.07, 6.45) is 1.81. The topological polar surface area (TPSA) is 169 Å². The molecule has 1 aliphatic rings. The molecule has 186 valence electrons. The molecule has 2 aromatic carbocycles. The average molecular weight is 493 g/mol. The van der Waals surface area contributed by atoms with Gasteiger partial charge in [-0.1, -0.05) is 30.3 Å². The normalized spacial score (nSPS) is 12.7. The van der Waals surface area contributed by atoms with E-state index in [1.807, 2.05) is 0 Å². The lowest BCUT2D eigenvalue weighted by atomic mass is 10.1. The van der Waals surface area contributed by atoms with Crippen LogP contribution in [0.3, 0.4) is 0 Å². The minimum absolute atomic E-state index is 0.0185. The number of nitro groups is 1. The summed E-state index contributed by atoms with van der Waals surface area (Å²) in [5.41, 5.74) is 4.49. The van der Waals surface area contributed by atoms with Crippen LogP contribution in [0.4, 0.5) is 17.2 Å². The Hall–Kier alpha value is -4.74. The first-order chi connectivity index (χ1) is 17.2. The van der Waals surface area contributed by atoms with Crippen molar-refractivity contribution in [3.8, 4) is 0 Å². The molecule has 12 nitrogen and oxygen atoms in total. The molecule has 0 aliphatic heterocycles. The van der Waals surface area contributed by atoms with Crippen LogP contribution in [0.2, 0.25) is 0 Å². The number of esters is 1. The zero-order valence-electron chi connectivity index (χ0n) is 19.3. The van der Waals surface area contributed by atoms with Gasteiger partial charge in [0.1, 0.15) is 17.1 Å². The monoisotopic (exact) mass is 493 g/mol. The summed E-state index contributed by atoms with van der Waals surface area (Å²) in [6.45, 7) is -0.831. The third-order valence-corrected chi connectivity index (χ3v) is 5.75. The predicted octanol–water partition coefficient (Wildman–Crippen LogP) is 1.70. The van der Waals surface area contributed by atoms with Gasteiger partial charge >= 0.3 is 11.7 Å². The molecule has 0 amide bonds.